The zero-order chi connectivity index (χ0) is 20.8. The molecule has 1 aromatic heterocycles. The maximum absolute atomic E-state index is 14.2. The number of hydrogen-bond donors (Lipinski definition) is 1. The highest BCUT2D eigenvalue weighted by atomic mass is 79.9. The Kier molecular flexibility index (Phi) is 4.72. The average molecular weight is 482 g/mol. The van der Waals surface area contributed by atoms with Crippen LogP contribution in [-0.2, 0) is 11.3 Å². The van der Waals surface area contributed by atoms with Gasteiger partial charge in [0, 0.05) is 48.9 Å². The van der Waals surface area contributed by atoms with Gasteiger partial charge in [0.15, 0.2) is 0 Å². The van der Waals surface area contributed by atoms with E-state index in [0.29, 0.717) is 28.4 Å². The standard InChI is InChI=1S/C24H15BrClFN2O/c25-16-5-8-23-19(10-16)15(13-29(23)12-14-3-1-2-4-21(14)27)9-20-18-7-6-17(26)11-22(18)28-24(20)30/h1-11,13H,12H2,(H,28,30)/b20-9+. The summed E-state index contributed by atoms with van der Waals surface area (Å²) in [6, 6.07) is 18.1. The summed E-state index contributed by atoms with van der Waals surface area (Å²) in [6.07, 6.45) is 3.83. The van der Waals surface area contributed by atoms with Crippen molar-refractivity contribution >= 4 is 61.7 Å². The fraction of sp³-hybridized carbons (Fsp3) is 0.0417. The van der Waals surface area contributed by atoms with Gasteiger partial charge in [-0.25, -0.2) is 4.39 Å². The van der Waals surface area contributed by atoms with Crippen LogP contribution in [0, 0.1) is 5.82 Å². The molecule has 0 saturated carbocycles. The number of benzene rings is 3. The maximum atomic E-state index is 14.2. The molecule has 2 heterocycles. The lowest BCUT2D eigenvalue weighted by molar-refractivity contribution is -0.110. The first-order valence-electron chi connectivity index (χ1n) is 9.34. The summed E-state index contributed by atoms with van der Waals surface area (Å²) in [5, 5.41) is 4.41. The monoisotopic (exact) mass is 480 g/mol. The molecular formula is C24H15BrClFN2O. The van der Waals surface area contributed by atoms with Gasteiger partial charge in [-0.2, -0.15) is 0 Å². The largest absolute Gasteiger partial charge is 0.342 e. The van der Waals surface area contributed by atoms with Crippen molar-refractivity contribution in [3.05, 3.63) is 98.9 Å². The van der Waals surface area contributed by atoms with E-state index in [1.807, 2.05) is 47.2 Å². The Morgan fingerprint density at radius 3 is 2.77 bits per heavy atom. The highest BCUT2D eigenvalue weighted by Gasteiger charge is 2.24. The smallest absolute Gasteiger partial charge is 0.256 e. The Balaban J connectivity index is 1.65. The normalized spacial score (nSPS) is 14.4. The number of rotatable bonds is 3. The van der Waals surface area contributed by atoms with E-state index in [-0.39, 0.29) is 11.7 Å². The van der Waals surface area contributed by atoms with Crippen LogP contribution in [0.4, 0.5) is 10.1 Å². The van der Waals surface area contributed by atoms with Crippen molar-refractivity contribution in [2.45, 2.75) is 6.54 Å². The number of carbonyl (C=O) groups excluding carboxylic acids is 1. The summed E-state index contributed by atoms with van der Waals surface area (Å²) in [5.41, 5.74) is 4.55. The maximum Gasteiger partial charge on any atom is 0.256 e. The van der Waals surface area contributed by atoms with E-state index in [4.69, 9.17) is 11.6 Å². The second-order valence-corrected chi connectivity index (χ2v) is 8.52. The van der Waals surface area contributed by atoms with Gasteiger partial charge < -0.3 is 9.88 Å². The molecule has 0 fully saturated rings. The molecule has 0 bridgehead atoms. The van der Waals surface area contributed by atoms with Gasteiger partial charge in [-0.15, -0.1) is 0 Å². The summed E-state index contributed by atoms with van der Waals surface area (Å²) in [6.45, 7) is 0.395. The van der Waals surface area contributed by atoms with Crippen molar-refractivity contribution in [2.75, 3.05) is 5.32 Å². The highest BCUT2D eigenvalue weighted by molar-refractivity contribution is 9.10. The summed E-state index contributed by atoms with van der Waals surface area (Å²) in [7, 11) is 0. The van der Waals surface area contributed by atoms with Crippen molar-refractivity contribution in [1.29, 1.82) is 0 Å². The van der Waals surface area contributed by atoms with E-state index < -0.39 is 0 Å². The second kappa shape index (κ2) is 7.42. The Labute approximate surface area is 185 Å². The molecule has 3 aromatic carbocycles. The van der Waals surface area contributed by atoms with E-state index in [1.54, 1.807) is 24.3 Å². The Hall–Kier alpha value is -2.89. The van der Waals surface area contributed by atoms with Gasteiger partial charge >= 0.3 is 0 Å². The first kappa shape index (κ1) is 19.1. The lowest BCUT2D eigenvalue weighted by Gasteiger charge is -2.06. The van der Waals surface area contributed by atoms with Crippen molar-refractivity contribution in [2.24, 2.45) is 0 Å². The second-order valence-electron chi connectivity index (χ2n) is 7.17. The van der Waals surface area contributed by atoms with Crippen LogP contribution in [0.15, 0.2) is 71.3 Å². The molecule has 6 heteroatoms. The number of aromatic nitrogens is 1. The van der Waals surface area contributed by atoms with E-state index >= 15 is 0 Å². The van der Waals surface area contributed by atoms with Crippen LogP contribution in [-0.4, -0.2) is 10.5 Å². The van der Waals surface area contributed by atoms with Gasteiger partial charge in [-0.3, -0.25) is 4.79 Å². The number of fused-ring (bicyclic) bond motifs is 2. The third kappa shape index (κ3) is 3.34. The molecule has 3 nitrogen and oxygen atoms in total. The summed E-state index contributed by atoms with van der Waals surface area (Å²) >= 11 is 9.59. The minimum Gasteiger partial charge on any atom is -0.342 e. The Morgan fingerprint density at radius 1 is 1.10 bits per heavy atom. The summed E-state index contributed by atoms with van der Waals surface area (Å²) in [5.74, 6) is -0.408. The van der Waals surface area contributed by atoms with Gasteiger partial charge in [0.2, 0.25) is 0 Å². The average Bonchev–Trinajstić information content (AvgIpc) is 3.20. The molecule has 0 aliphatic carbocycles. The zero-order valence-electron chi connectivity index (χ0n) is 15.6. The summed E-state index contributed by atoms with van der Waals surface area (Å²) < 4.78 is 17.2. The number of carbonyl (C=O) groups is 1. The first-order valence-corrected chi connectivity index (χ1v) is 10.5. The minimum absolute atomic E-state index is 0.169. The third-order valence-corrected chi connectivity index (χ3v) is 5.97. The highest BCUT2D eigenvalue weighted by Crippen LogP contribution is 2.36. The lowest BCUT2D eigenvalue weighted by Crippen LogP contribution is -2.03. The Morgan fingerprint density at radius 2 is 1.93 bits per heavy atom. The van der Waals surface area contributed by atoms with Crippen LogP contribution in [0.5, 0.6) is 0 Å². The molecule has 1 N–H and O–H groups in total. The molecule has 148 valence electrons. The predicted octanol–water partition coefficient (Wildman–Crippen LogP) is 6.74. The molecule has 0 radical (unpaired) electrons. The minimum atomic E-state index is -0.239. The molecule has 0 spiro atoms. The topological polar surface area (TPSA) is 34.0 Å². The van der Waals surface area contributed by atoms with Crippen LogP contribution in [0.1, 0.15) is 16.7 Å². The first-order chi connectivity index (χ1) is 14.5. The fourth-order valence-electron chi connectivity index (χ4n) is 3.82. The molecule has 0 unspecified atom stereocenters. The third-order valence-electron chi connectivity index (χ3n) is 5.24. The van der Waals surface area contributed by atoms with Crippen LogP contribution in [0.25, 0.3) is 22.6 Å². The predicted molar refractivity (Wildman–Crippen MR) is 123 cm³/mol. The van der Waals surface area contributed by atoms with Gasteiger partial charge in [-0.1, -0.05) is 51.8 Å². The fourth-order valence-corrected chi connectivity index (χ4v) is 4.35. The zero-order valence-corrected chi connectivity index (χ0v) is 18.0. The van der Waals surface area contributed by atoms with E-state index in [0.717, 1.165) is 26.5 Å². The number of nitrogens with zero attached hydrogens (tertiary/aromatic N) is 1. The van der Waals surface area contributed by atoms with Crippen molar-refractivity contribution in [3.8, 4) is 0 Å². The molecular weight excluding hydrogens is 467 g/mol. The van der Waals surface area contributed by atoms with E-state index in [1.165, 1.54) is 6.07 Å². The van der Waals surface area contributed by atoms with Gasteiger partial charge in [0.25, 0.3) is 5.91 Å². The lowest BCUT2D eigenvalue weighted by atomic mass is 10.0. The summed E-state index contributed by atoms with van der Waals surface area (Å²) in [4.78, 5) is 12.6. The molecule has 1 aliphatic rings. The van der Waals surface area contributed by atoms with Crippen LogP contribution < -0.4 is 5.32 Å². The van der Waals surface area contributed by atoms with Crippen molar-refractivity contribution in [3.63, 3.8) is 0 Å². The number of halogens is 3. The molecule has 30 heavy (non-hydrogen) atoms. The SMILES string of the molecule is O=C1Nc2cc(Cl)ccc2/C1=C\c1cn(Cc2ccccc2F)c2ccc(Br)cc12. The van der Waals surface area contributed by atoms with Gasteiger partial charge in [-0.05, 0) is 42.5 Å². The van der Waals surface area contributed by atoms with Crippen LogP contribution in [0.2, 0.25) is 5.02 Å². The number of anilines is 1. The van der Waals surface area contributed by atoms with Gasteiger partial charge in [0.05, 0.1) is 12.2 Å². The quantitative estimate of drug-likeness (QED) is 0.323. The molecule has 5 rings (SSSR count). The van der Waals surface area contributed by atoms with Crippen molar-refractivity contribution < 1.29 is 9.18 Å². The van der Waals surface area contributed by atoms with Crippen LogP contribution in [0.3, 0.4) is 0 Å². The molecule has 4 aromatic rings. The van der Waals surface area contributed by atoms with E-state index in [9.17, 15) is 9.18 Å². The van der Waals surface area contributed by atoms with E-state index in [2.05, 4.69) is 21.2 Å². The number of amides is 1. The number of nitrogens with one attached hydrogen (secondary N) is 1. The molecule has 1 amide bonds. The number of hydrogen-bond acceptors (Lipinski definition) is 1. The van der Waals surface area contributed by atoms with Crippen LogP contribution >= 0.6 is 27.5 Å². The van der Waals surface area contributed by atoms with Gasteiger partial charge in [0.1, 0.15) is 5.82 Å². The molecule has 0 atom stereocenters. The molecule has 0 saturated heterocycles. The molecule has 1 aliphatic heterocycles. The van der Waals surface area contributed by atoms with Crippen molar-refractivity contribution in [1.82, 2.24) is 4.57 Å². The Bertz CT molecular complexity index is 1360.